The van der Waals surface area contributed by atoms with E-state index in [1.165, 1.54) is 4.88 Å². The van der Waals surface area contributed by atoms with Crippen molar-refractivity contribution in [1.82, 2.24) is 15.5 Å². The second-order valence-electron chi connectivity index (χ2n) is 14.1. The fraction of sp³-hybridized carbons (Fsp3) is 0.170. The zero-order valence-corrected chi connectivity index (χ0v) is 43.0. The number of thiazole rings is 3. The van der Waals surface area contributed by atoms with Crippen LogP contribution in [0.1, 0.15) is 52.8 Å². The highest BCUT2D eigenvalue weighted by Crippen LogP contribution is 2.22. The molecule has 9 rings (SSSR count). The van der Waals surface area contributed by atoms with Gasteiger partial charge in [-0.1, -0.05) is 140 Å². The Morgan fingerprint density at radius 3 is 1.35 bits per heavy atom. The molecule has 0 fully saturated rings. The van der Waals surface area contributed by atoms with Crippen LogP contribution < -0.4 is 64.6 Å². The second-order valence-corrected chi connectivity index (χ2v) is 16.9. The van der Waals surface area contributed by atoms with Gasteiger partial charge >= 0.3 is 0 Å². The summed E-state index contributed by atoms with van der Waals surface area (Å²) in [5, 5.41) is 22.8. The third-order valence-electron chi connectivity index (χ3n) is 9.84. The molecular weight excluding hydrogens is 1100 g/mol. The fourth-order valence-corrected chi connectivity index (χ4v) is 8.52. The van der Waals surface area contributed by atoms with Crippen molar-refractivity contribution < 1.29 is 97.7 Å². The number of hydrogen-bond acceptors (Lipinski definition) is 13. The van der Waals surface area contributed by atoms with Crippen LogP contribution in [0.5, 0.6) is 0 Å². The van der Waals surface area contributed by atoms with E-state index in [9.17, 15) is 14.4 Å². The van der Waals surface area contributed by atoms with Gasteiger partial charge in [-0.05, 0) is 6.92 Å². The predicted octanol–water partition coefficient (Wildman–Crippen LogP) is -0.807. The minimum Gasteiger partial charge on any atom is -1.00 e. The van der Waals surface area contributed by atoms with Crippen molar-refractivity contribution in [1.29, 1.82) is 0 Å². The lowest BCUT2D eigenvalue weighted by Gasteiger charge is -1.94. The maximum Gasteiger partial charge on any atom is 0.265 e. The van der Waals surface area contributed by atoms with Crippen LogP contribution in [0.15, 0.2) is 151 Å². The predicted molar refractivity (Wildman–Crippen MR) is 237 cm³/mol. The first-order chi connectivity index (χ1) is 30.7. The minimum absolute atomic E-state index is 0. The Morgan fingerprint density at radius 1 is 0.561 bits per heavy atom. The fourth-order valence-electron chi connectivity index (χ4n) is 6.13. The molecule has 0 radical (unpaired) electrons. The molecular formula is C47H43Br3N6O7S3. The number of aliphatic hydroxyl groups is 1. The number of Topliss-reactive ketones (excluding diaryl/α,β-unsaturated/α-hetero) is 3. The van der Waals surface area contributed by atoms with Crippen LogP contribution in [0.3, 0.4) is 0 Å². The summed E-state index contributed by atoms with van der Waals surface area (Å²) in [6.45, 7) is 6.87. The van der Waals surface area contributed by atoms with Crippen LogP contribution in [-0.4, -0.2) is 44.5 Å². The van der Waals surface area contributed by atoms with Gasteiger partial charge in [-0.3, -0.25) is 14.4 Å². The van der Waals surface area contributed by atoms with E-state index in [-0.39, 0.29) is 106 Å². The molecule has 66 heavy (non-hydrogen) atoms. The highest BCUT2D eigenvalue weighted by atomic mass is 79.9. The average molecular weight is 1140 g/mol. The maximum absolute atomic E-state index is 12.4. The third kappa shape index (κ3) is 14.1. The van der Waals surface area contributed by atoms with Crippen molar-refractivity contribution in [2.24, 2.45) is 0 Å². The average Bonchev–Trinajstić information content (AvgIpc) is 4.19. The van der Waals surface area contributed by atoms with Gasteiger partial charge in [-0.2, -0.15) is 13.7 Å². The number of carbonyl (C=O) groups is 3. The number of benzene rings is 3. The number of aliphatic hydroxyl groups excluding tert-OH is 1. The lowest BCUT2D eigenvalue weighted by Crippen LogP contribution is -3.00. The molecule has 9 aromatic rings. The van der Waals surface area contributed by atoms with Crippen LogP contribution >= 0.6 is 34.0 Å². The molecule has 0 saturated heterocycles. The molecule has 0 bridgehead atoms. The summed E-state index contributed by atoms with van der Waals surface area (Å²) in [6, 6.07) is 34.0. The first-order valence-corrected chi connectivity index (χ1v) is 22.5. The molecule has 342 valence electrons. The van der Waals surface area contributed by atoms with Gasteiger partial charge in [0.1, 0.15) is 17.1 Å². The summed E-state index contributed by atoms with van der Waals surface area (Å²) in [5.74, 6) is 0.558. The Kier molecular flexibility index (Phi) is 21.0. The molecule has 0 aliphatic rings. The van der Waals surface area contributed by atoms with Gasteiger partial charge in [-0.25, -0.2) is 0 Å². The first kappa shape index (κ1) is 53.2. The van der Waals surface area contributed by atoms with Crippen LogP contribution in [0, 0.1) is 20.8 Å². The number of hydrogen-bond donors (Lipinski definition) is 1. The van der Waals surface area contributed by atoms with Crippen molar-refractivity contribution in [3.8, 4) is 33.8 Å². The first-order valence-electron chi connectivity index (χ1n) is 19.8. The molecule has 0 aliphatic heterocycles. The van der Waals surface area contributed by atoms with Gasteiger partial charge < -0.3 is 69.6 Å². The van der Waals surface area contributed by atoms with E-state index in [2.05, 4.69) is 15.5 Å². The van der Waals surface area contributed by atoms with Crippen molar-refractivity contribution in [2.45, 2.75) is 46.8 Å². The molecule has 0 amide bonds. The molecule has 0 unspecified atom stereocenters. The standard InChI is InChI=1S/C17H17N2O3S.C16H15N2O2S.C14H11N2O2S.3BrH/c1-12-17(7-8-20)23-11-19(12)10-15(21)16-9-14(18-22-16)13-5-3-2-4-6-13;1-11-12(2)21-10-18(11)9-15(19)16-8-14(17-20-16)13-6-4-3-5-7-13;17-13(9-16-6-7-19-10-16)14-8-12(15-18-14)11-4-2-1-3-5-11;;;/h2-6,9,11,20H,7-8,10H2,1H3;3-8,10H,9H2,1-2H3;1-8,10H,9H2;3*1H/q3*+1;;;/p-3. The summed E-state index contributed by atoms with van der Waals surface area (Å²) < 4.78 is 21.1. The molecule has 0 saturated carbocycles. The van der Waals surface area contributed by atoms with Gasteiger partial charge in [0.2, 0.25) is 53.4 Å². The van der Waals surface area contributed by atoms with E-state index in [1.54, 1.807) is 52.2 Å². The molecule has 1 N–H and O–H groups in total. The smallest absolute Gasteiger partial charge is 0.265 e. The number of aromatic nitrogens is 6. The van der Waals surface area contributed by atoms with E-state index in [1.807, 2.05) is 154 Å². The van der Waals surface area contributed by atoms with Crippen molar-refractivity contribution in [3.05, 3.63) is 176 Å². The van der Waals surface area contributed by atoms with Crippen LogP contribution in [-0.2, 0) is 26.1 Å². The van der Waals surface area contributed by atoms with E-state index in [4.69, 9.17) is 18.7 Å². The van der Waals surface area contributed by atoms with E-state index < -0.39 is 0 Å². The molecule has 6 aromatic heterocycles. The second kappa shape index (κ2) is 26.1. The minimum atomic E-state index is -0.124. The summed E-state index contributed by atoms with van der Waals surface area (Å²) in [6.07, 6.45) is 2.47. The van der Waals surface area contributed by atoms with Crippen LogP contribution in [0.4, 0.5) is 0 Å². The van der Waals surface area contributed by atoms with Gasteiger partial charge in [0.25, 0.3) is 17.3 Å². The van der Waals surface area contributed by atoms with Gasteiger partial charge in [0.05, 0.1) is 15.1 Å². The Labute approximate surface area is 424 Å². The third-order valence-corrected chi connectivity index (χ3v) is 12.7. The normalized spacial score (nSPS) is 10.2. The number of nitrogens with zero attached hydrogens (tertiary/aromatic N) is 6. The number of rotatable bonds is 14. The molecule has 0 atom stereocenters. The number of carbonyl (C=O) groups excluding carboxylic acids is 3. The summed E-state index contributed by atoms with van der Waals surface area (Å²) in [4.78, 5) is 39.0. The zero-order chi connectivity index (χ0) is 44.1. The summed E-state index contributed by atoms with van der Waals surface area (Å²) in [5.41, 5.74) is 12.7. The SMILES string of the molecule is Cc1c(CCO)sc[n+]1CC(=O)c1cc(-c2ccccc2)no1.Cc1sc[n+](CC(=O)c2cc(-c3ccccc3)no2)c1C.O=C(C[n+]1ccsc1)c1cc(-c2ccccc2)no1.[Br-].[Br-].[Br-]. The van der Waals surface area contributed by atoms with Crippen molar-refractivity contribution in [2.75, 3.05) is 6.61 Å². The number of aryl methyl sites for hydroxylation is 1. The highest BCUT2D eigenvalue weighted by molar-refractivity contribution is 7.09. The lowest BCUT2D eigenvalue weighted by atomic mass is 10.1. The van der Waals surface area contributed by atoms with Gasteiger partial charge in [0.15, 0.2) is 17.6 Å². The van der Waals surface area contributed by atoms with Crippen molar-refractivity contribution in [3.63, 3.8) is 0 Å². The van der Waals surface area contributed by atoms with Crippen molar-refractivity contribution >= 4 is 51.4 Å². The highest BCUT2D eigenvalue weighted by Gasteiger charge is 2.24. The maximum atomic E-state index is 12.4. The Bertz CT molecular complexity index is 2900. The Morgan fingerprint density at radius 2 is 0.970 bits per heavy atom. The van der Waals surface area contributed by atoms with E-state index in [0.29, 0.717) is 29.3 Å². The number of ketones is 3. The molecule has 0 aliphatic carbocycles. The van der Waals surface area contributed by atoms with Crippen LogP contribution in [0.2, 0.25) is 0 Å². The Balaban J connectivity index is 0.000000212. The largest absolute Gasteiger partial charge is 1.00 e. The van der Waals surface area contributed by atoms with E-state index in [0.717, 1.165) is 33.0 Å². The molecule has 3 aromatic carbocycles. The molecule has 13 nitrogen and oxygen atoms in total. The van der Waals surface area contributed by atoms with Gasteiger partial charge in [0, 0.05) is 61.8 Å². The quantitative estimate of drug-likeness (QED) is 0.108. The Hall–Kier alpha value is -5.41. The molecule has 6 heterocycles. The van der Waals surface area contributed by atoms with Gasteiger partial charge in [-0.15, -0.1) is 0 Å². The monoisotopic (exact) mass is 1140 g/mol. The topological polar surface area (TPSA) is 161 Å². The summed E-state index contributed by atoms with van der Waals surface area (Å²) >= 11 is 4.72. The van der Waals surface area contributed by atoms with Crippen LogP contribution in [0.25, 0.3) is 33.8 Å². The molecule has 0 spiro atoms. The lowest BCUT2D eigenvalue weighted by molar-refractivity contribution is -0.684. The molecule has 19 heteroatoms. The van der Waals surface area contributed by atoms with E-state index >= 15 is 0 Å². The summed E-state index contributed by atoms with van der Waals surface area (Å²) in [7, 11) is 0. The number of halogens is 3. The zero-order valence-electron chi connectivity index (χ0n) is 35.8.